The van der Waals surface area contributed by atoms with Crippen molar-refractivity contribution in [2.75, 3.05) is 0 Å². The number of para-hydroxylation sites is 1. The minimum atomic E-state index is -5.00. The zero-order chi connectivity index (χ0) is 29.8. The van der Waals surface area contributed by atoms with E-state index in [1.807, 2.05) is 47.9 Å². The van der Waals surface area contributed by atoms with E-state index < -0.39 is 23.5 Å². The van der Waals surface area contributed by atoms with Gasteiger partial charge < -0.3 is 4.57 Å². The summed E-state index contributed by atoms with van der Waals surface area (Å²) in [7, 11) is 0. The summed E-state index contributed by atoms with van der Waals surface area (Å²) >= 11 is 0. The van der Waals surface area contributed by atoms with E-state index in [1.54, 1.807) is 36.7 Å². The molecule has 0 aliphatic carbocycles. The Morgan fingerprint density at radius 1 is 0.690 bits per heavy atom. The minimum absolute atomic E-state index is 0.133. The molecule has 0 spiro atoms. The van der Waals surface area contributed by atoms with E-state index >= 15 is 0 Å². The van der Waals surface area contributed by atoms with Gasteiger partial charge in [0.1, 0.15) is 0 Å². The lowest BCUT2D eigenvalue weighted by atomic mass is 9.95. The van der Waals surface area contributed by atoms with Crippen LogP contribution in [-0.2, 0) is 12.4 Å². The molecule has 0 aliphatic heterocycles. The number of alkyl halides is 6. The molecule has 0 unspecified atom stereocenters. The van der Waals surface area contributed by atoms with E-state index in [1.165, 1.54) is 6.07 Å². The minimum Gasteiger partial charge on any atom is -0.309 e. The molecule has 0 atom stereocenters. The van der Waals surface area contributed by atoms with Crippen LogP contribution in [0.15, 0.2) is 97.3 Å². The van der Waals surface area contributed by atoms with Crippen LogP contribution in [-0.4, -0.2) is 9.55 Å². The smallest absolute Gasteiger partial charge is 0.309 e. The van der Waals surface area contributed by atoms with Crippen LogP contribution in [0.4, 0.5) is 26.3 Å². The van der Waals surface area contributed by atoms with Crippen molar-refractivity contribution in [2.24, 2.45) is 0 Å². The summed E-state index contributed by atoms with van der Waals surface area (Å²) < 4.78 is 83.6. The number of fused-ring (bicyclic) bond motifs is 3. The molecule has 0 bridgehead atoms. The lowest BCUT2D eigenvalue weighted by molar-refractivity contribution is -0.142. The third-order valence-corrected chi connectivity index (χ3v) is 7.32. The summed E-state index contributed by atoms with van der Waals surface area (Å²) in [6.07, 6.45) is -6.62. The summed E-state index contributed by atoms with van der Waals surface area (Å²) in [4.78, 5) is 4.04. The van der Waals surface area contributed by atoms with Crippen LogP contribution in [0, 0.1) is 18.3 Å². The molecule has 0 radical (unpaired) electrons. The molecular formula is C33H19F6N3. The summed E-state index contributed by atoms with van der Waals surface area (Å²) in [5.41, 5.74) is 2.07. The predicted molar refractivity (Wildman–Crippen MR) is 149 cm³/mol. The highest BCUT2D eigenvalue weighted by molar-refractivity contribution is 6.10. The van der Waals surface area contributed by atoms with Gasteiger partial charge in [0, 0.05) is 23.2 Å². The number of nitriles is 1. The first-order chi connectivity index (χ1) is 20.0. The highest BCUT2D eigenvalue weighted by atomic mass is 19.4. The van der Waals surface area contributed by atoms with Crippen LogP contribution < -0.4 is 0 Å². The molecule has 0 saturated heterocycles. The van der Waals surface area contributed by atoms with Crippen molar-refractivity contribution in [3.8, 4) is 34.0 Å². The Labute approximate surface area is 235 Å². The number of hydrogen-bond donors (Lipinski definition) is 0. The van der Waals surface area contributed by atoms with Gasteiger partial charge in [-0.25, -0.2) is 0 Å². The Morgan fingerprint density at radius 2 is 1.40 bits per heavy atom. The van der Waals surface area contributed by atoms with Crippen molar-refractivity contribution in [1.82, 2.24) is 9.55 Å². The largest absolute Gasteiger partial charge is 0.417 e. The average Bonchev–Trinajstić information content (AvgIpc) is 3.30. The highest BCUT2D eigenvalue weighted by Gasteiger charge is 2.38. The Kier molecular flexibility index (Phi) is 6.30. The van der Waals surface area contributed by atoms with Gasteiger partial charge in [0.15, 0.2) is 0 Å². The fourth-order valence-corrected chi connectivity index (χ4v) is 5.41. The first kappa shape index (κ1) is 27.1. The number of aromatic nitrogens is 2. The lowest BCUT2D eigenvalue weighted by Gasteiger charge is -2.17. The van der Waals surface area contributed by atoms with Crippen LogP contribution in [0.5, 0.6) is 0 Å². The van der Waals surface area contributed by atoms with Gasteiger partial charge in [0.25, 0.3) is 0 Å². The Morgan fingerprint density at radius 3 is 2.10 bits per heavy atom. The maximum Gasteiger partial charge on any atom is 0.417 e. The van der Waals surface area contributed by atoms with Gasteiger partial charge in [-0.1, -0.05) is 30.3 Å². The molecule has 0 saturated carbocycles. The molecule has 2 heterocycles. The van der Waals surface area contributed by atoms with Gasteiger partial charge in [0.05, 0.1) is 39.5 Å². The van der Waals surface area contributed by atoms with E-state index in [9.17, 15) is 31.6 Å². The van der Waals surface area contributed by atoms with Gasteiger partial charge in [-0.05, 0) is 89.3 Å². The molecule has 9 heteroatoms. The molecule has 2 aromatic heterocycles. The Balaban J connectivity index is 1.59. The standard InChI is InChI=1S/C33H19F6N3/c1-19-14-26(20-10-12-41-13-11-20)22(18-40)16-31(19)42-29-5-3-2-4-25(29)27-15-21(6-9-30(27)42)24-8-7-23(32(34,35)36)17-28(24)33(37,38)39/h2-17H,1H3. The molecule has 0 amide bonds. The van der Waals surface area contributed by atoms with Crippen LogP contribution in [0.2, 0.25) is 0 Å². The molecule has 3 nitrogen and oxygen atoms in total. The van der Waals surface area contributed by atoms with Crippen molar-refractivity contribution < 1.29 is 26.3 Å². The van der Waals surface area contributed by atoms with Crippen molar-refractivity contribution in [2.45, 2.75) is 19.3 Å². The molecule has 0 fully saturated rings. The number of rotatable bonds is 3. The molecule has 0 N–H and O–H groups in total. The van der Waals surface area contributed by atoms with Crippen LogP contribution in [0.25, 0.3) is 49.7 Å². The third-order valence-electron chi connectivity index (χ3n) is 7.32. The number of benzene rings is 4. The van der Waals surface area contributed by atoms with E-state index in [4.69, 9.17) is 0 Å². The second-order valence-electron chi connectivity index (χ2n) is 9.87. The summed E-state index contributed by atoms with van der Waals surface area (Å²) in [6.45, 7) is 1.91. The normalized spacial score (nSPS) is 12.1. The molecule has 4 aromatic carbocycles. The van der Waals surface area contributed by atoms with E-state index in [0.717, 1.165) is 33.7 Å². The zero-order valence-corrected chi connectivity index (χ0v) is 21.8. The van der Waals surface area contributed by atoms with Gasteiger partial charge in [-0.3, -0.25) is 4.98 Å². The van der Waals surface area contributed by atoms with E-state index in [0.29, 0.717) is 28.2 Å². The van der Waals surface area contributed by atoms with Crippen LogP contribution >= 0.6 is 0 Å². The Hall–Kier alpha value is -5.10. The first-order valence-corrected chi connectivity index (χ1v) is 12.7. The number of pyridine rings is 1. The number of halogens is 6. The lowest BCUT2D eigenvalue weighted by Crippen LogP contribution is -2.12. The quantitative estimate of drug-likeness (QED) is 0.199. The van der Waals surface area contributed by atoms with E-state index in [2.05, 4.69) is 11.1 Å². The first-order valence-electron chi connectivity index (χ1n) is 12.7. The van der Waals surface area contributed by atoms with Gasteiger partial charge in [0.2, 0.25) is 0 Å². The van der Waals surface area contributed by atoms with E-state index in [-0.39, 0.29) is 17.2 Å². The molecule has 208 valence electrons. The fraction of sp³-hybridized carbons (Fsp3) is 0.0909. The zero-order valence-electron chi connectivity index (χ0n) is 21.8. The van der Waals surface area contributed by atoms with Crippen molar-refractivity contribution in [1.29, 1.82) is 5.26 Å². The molecular weight excluding hydrogens is 552 g/mol. The van der Waals surface area contributed by atoms with Crippen molar-refractivity contribution in [3.05, 3.63) is 120 Å². The second-order valence-corrected chi connectivity index (χ2v) is 9.87. The molecule has 42 heavy (non-hydrogen) atoms. The second kappa shape index (κ2) is 9.77. The third kappa shape index (κ3) is 4.55. The number of nitrogens with zero attached hydrogens (tertiary/aromatic N) is 3. The van der Waals surface area contributed by atoms with Crippen LogP contribution in [0.3, 0.4) is 0 Å². The van der Waals surface area contributed by atoms with Gasteiger partial charge in [-0.15, -0.1) is 0 Å². The maximum atomic E-state index is 14.0. The average molecular weight is 572 g/mol. The number of hydrogen-bond acceptors (Lipinski definition) is 2. The molecule has 0 aliphatic rings. The predicted octanol–water partition coefficient (Wildman–Crippen LogP) is 9.73. The monoisotopic (exact) mass is 571 g/mol. The van der Waals surface area contributed by atoms with Crippen molar-refractivity contribution in [3.63, 3.8) is 0 Å². The molecule has 6 rings (SSSR count). The molecule has 6 aromatic rings. The summed E-state index contributed by atoms with van der Waals surface area (Å²) in [5.74, 6) is 0. The van der Waals surface area contributed by atoms with Gasteiger partial charge >= 0.3 is 12.4 Å². The summed E-state index contributed by atoms with van der Waals surface area (Å²) in [5, 5.41) is 11.4. The van der Waals surface area contributed by atoms with Crippen molar-refractivity contribution >= 4 is 21.8 Å². The Bertz CT molecular complexity index is 2030. The van der Waals surface area contributed by atoms with Crippen LogP contribution in [0.1, 0.15) is 22.3 Å². The fourth-order valence-electron chi connectivity index (χ4n) is 5.41. The maximum absolute atomic E-state index is 14.0. The topological polar surface area (TPSA) is 41.6 Å². The van der Waals surface area contributed by atoms with Gasteiger partial charge in [-0.2, -0.15) is 31.6 Å². The SMILES string of the molecule is Cc1cc(-c2ccncc2)c(C#N)cc1-n1c2ccccc2c2cc(-c3ccc(C(F)(F)F)cc3C(F)(F)F)ccc21. The highest BCUT2D eigenvalue weighted by Crippen LogP contribution is 2.43. The number of aryl methyl sites for hydroxylation is 1. The summed E-state index contributed by atoms with van der Waals surface area (Å²) in [6, 6.07) is 23.3.